The van der Waals surface area contributed by atoms with Gasteiger partial charge < -0.3 is 20.1 Å². The quantitative estimate of drug-likeness (QED) is 0.860. The zero-order valence-electron chi connectivity index (χ0n) is 12.7. The number of hydrogen-bond acceptors (Lipinski definition) is 3. The van der Waals surface area contributed by atoms with Crippen LogP contribution >= 0.6 is 0 Å². The number of urea groups is 1. The Balaban J connectivity index is 1.78. The van der Waals surface area contributed by atoms with Crippen LogP contribution in [0.1, 0.15) is 6.92 Å². The van der Waals surface area contributed by atoms with Gasteiger partial charge >= 0.3 is 6.03 Å². The number of carbonyl (C=O) groups is 1. The fourth-order valence-electron chi connectivity index (χ4n) is 1.87. The zero-order chi connectivity index (χ0) is 15.8. The van der Waals surface area contributed by atoms with E-state index in [4.69, 9.17) is 9.47 Å². The summed E-state index contributed by atoms with van der Waals surface area (Å²) in [6.45, 7) is 2.28. The fraction of sp³-hybridized carbons (Fsp3) is 0.235. The second kappa shape index (κ2) is 7.93. The van der Waals surface area contributed by atoms with E-state index in [9.17, 15) is 4.79 Å². The molecule has 2 aromatic carbocycles. The molecule has 0 radical (unpaired) electrons. The van der Waals surface area contributed by atoms with Crippen LogP contribution in [0.25, 0.3) is 0 Å². The van der Waals surface area contributed by atoms with Gasteiger partial charge in [-0.3, -0.25) is 0 Å². The molecule has 0 saturated heterocycles. The first-order chi connectivity index (χ1) is 10.7. The van der Waals surface area contributed by atoms with Crippen molar-refractivity contribution in [2.24, 2.45) is 0 Å². The SMILES string of the molecule is COc1cccc(NC(=O)N[C@H](C)COc2ccccc2)c1. The number of ether oxygens (including phenoxy) is 2. The van der Waals surface area contributed by atoms with Crippen molar-refractivity contribution in [2.75, 3.05) is 19.0 Å². The van der Waals surface area contributed by atoms with Gasteiger partial charge in [0.15, 0.2) is 0 Å². The first-order valence-electron chi connectivity index (χ1n) is 7.07. The highest BCUT2D eigenvalue weighted by Gasteiger charge is 2.08. The first kappa shape index (κ1) is 15.7. The van der Waals surface area contributed by atoms with Crippen molar-refractivity contribution >= 4 is 11.7 Å². The summed E-state index contributed by atoms with van der Waals surface area (Å²) in [5.41, 5.74) is 0.674. The number of nitrogens with one attached hydrogen (secondary N) is 2. The van der Waals surface area contributed by atoms with Gasteiger partial charge in [0.25, 0.3) is 0 Å². The maximum Gasteiger partial charge on any atom is 0.319 e. The van der Waals surface area contributed by atoms with Crippen molar-refractivity contribution in [3.8, 4) is 11.5 Å². The van der Waals surface area contributed by atoms with Crippen LogP contribution in [0, 0.1) is 0 Å². The lowest BCUT2D eigenvalue weighted by Crippen LogP contribution is -2.39. The summed E-state index contributed by atoms with van der Waals surface area (Å²) in [5.74, 6) is 1.47. The molecule has 0 saturated carbocycles. The van der Waals surface area contributed by atoms with Gasteiger partial charge in [-0.2, -0.15) is 0 Å². The molecule has 5 heteroatoms. The van der Waals surface area contributed by atoms with Gasteiger partial charge in [-0.25, -0.2) is 4.79 Å². The molecule has 0 aliphatic rings. The summed E-state index contributed by atoms with van der Waals surface area (Å²) in [6.07, 6.45) is 0. The Hall–Kier alpha value is -2.69. The Bertz CT molecular complexity index is 602. The maximum absolute atomic E-state index is 11.9. The Labute approximate surface area is 130 Å². The normalized spacial score (nSPS) is 11.4. The Morgan fingerprint density at radius 3 is 2.55 bits per heavy atom. The van der Waals surface area contributed by atoms with Crippen LogP contribution in [0.3, 0.4) is 0 Å². The second-order valence-corrected chi connectivity index (χ2v) is 4.86. The van der Waals surface area contributed by atoms with E-state index < -0.39 is 0 Å². The van der Waals surface area contributed by atoms with Gasteiger partial charge in [0.05, 0.1) is 13.2 Å². The van der Waals surface area contributed by atoms with Crippen LogP contribution in [0.5, 0.6) is 11.5 Å². The third kappa shape index (κ3) is 5.01. The smallest absolute Gasteiger partial charge is 0.319 e. The Morgan fingerprint density at radius 1 is 1.09 bits per heavy atom. The van der Waals surface area contributed by atoms with Crippen LogP contribution in [0.15, 0.2) is 54.6 Å². The van der Waals surface area contributed by atoms with E-state index in [0.29, 0.717) is 18.0 Å². The zero-order valence-corrected chi connectivity index (χ0v) is 12.7. The molecule has 0 spiro atoms. The topological polar surface area (TPSA) is 59.6 Å². The molecule has 0 aliphatic heterocycles. The summed E-state index contributed by atoms with van der Waals surface area (Å²) in [7, 11) is 1.59. The lowest BCUT2D eigenvalue weighted by Gasteiger charge is -2.15. The summed E-state index contributed by atoms with van der Waals surface area (Å²) < 4.78 is 10.7. The van der Waals surface area contributed by atoms with Crippen molar-refractivity contribution < 1.29 is 14.3 Å². The van der Waals surface area contributed by atoms with Crippen LogP contribution in [-0.2, 0) is 0 Å². The Morgan fingerprint density at radius 2 is 1.82 bits per heavy atom. The number of para-hydroxylation sites is 1. The highest BCUT2D eigenvalue weighted by atomic mass is 16.5. The minimum Gasteiger partial charge on any atom is -0.497 e. The van der Waals surface area contributed by atoms with Gasteiger partial charge in [-0.1, -0.05) is 24.3 Å². The van der Waals surface area contributed by atoms with Crippen molar-refractivity contribution in [3.05, 3.63) is 54.6 Å². The molecular formula is C17H20N2O3. The van der Waals surface area contributed by atoms with Crippen LogP contribution in [0.2, 0.25) is 0 Å². The summed E-state index contributed by atoms with van der Waals surface area (Å²) in [5, 5.41) is 5.58. The highest BCUT2D eigenvalue weighted by Crippen LogP contribution is 2.16. The summed E-state index contributed by atoms with van der Waals surface area (Å²) >= 11 is 0. The molecule has 1 atom stereocenters. The average molecular weight is 300 g/mol. The van der Waals surface area contributed by atoms with E-state index >= 15 is 0 Å². The van der Waals surface area contributed by atoms with Crippen molar-refractivity contribution in [3.63, 3.8) is 0 Å². The first-order valence-corrected chi connectivity index (χ1v) is 7.07. The van der Waals surface area contributed by atoms with Gasteiger partial charge in [-0.15, -0.1) is 0 Å². The molecule has 2 N–H and O–H groups in total. The number of carbonyl (C=O) groups excluding carboxylic acids is 1. The van der Waals surface area contributed by atoms with E-state index in [1.807, 2.05) is 49.4 Å². The highest BCUT2D eigenvalue weighted by molar-refractivity contribution is 5.89. The fourth-order valence-corrected chi connectivity index (χ4v) is 1.87. The molecule has 0 bridgehead atoms. The number of hydrogen-bond donors (Lipinski definition) is 2. The molecule has 116 valence electrons. The molecule has 22 heavy (non-hydrogen) atoms. The Kier molecular flexibility index (Phi) is 5.65. The minimum atomic E-state index is -0.280. The van der Waals surface area contributed by atoms with Crippen LogP contribution in [0.4, 0.5) is 10.5 Å². The molecular weight excluding hydrogens is 280 g/mol. The van der Waals surface area contributed by atoms with Gasteiger partial charge in [-0.05, 0) is 31.2 Å². The predicted octanol–water partition coefficient (Wildman–Crippen LogP) is 3.28. The number of anilines is 1. The molecule has 2 amide bonds. The maximum atomic E-state index is 11.9. The molecule has 0 heterocycles. The van der Waals surface area contributed by atoms with E-state index in [2.05, 4.69) is 10.6 Å². The number of rotatable bonds is 6. The third-order valence-electron chi connectivity index (χ3n) is 2.95. The van der Waals surface area contributed by atoms with Crippen LogP contribution in [-0.4, -0.2) is 25.8 Å². The van der Waals surface area contributed by atoms with Crippen molar-refractivity contribution in [1.82, 2.24) is 5.32 Å². The molecule has 0 aliphatic carbocycles. The number of amides is 2. The largest absolute Gasteiger partial charge is 0.497 e. The molecule has 5 nitrogen and oxygen atoms in total. The average Bonchev–Trinajstić information content (AvgIpc) is 2.54. The van der Waals surface area contributed by atoms with Crippen LogP contribution < -0.4 is 20.1 Å². The monoisotopic (exact) mass is 300 g/mol. The molecule has 0 unspecified atom stereocenters. The van der Waals surface area contributed by atoms with Crippen molar-refractivity contribution in [1.29, 1.82) is 0 Å². The van der Waals surface area contributed by atoms with E-state index in [-0.39, 0.29) is 12.1 Å². The lowest BCUT2D eigenvalue weighted by molar-refractivity contribution is 0.236. The lowest BCUT2D eigenvalue weighted by atomic mass is 10.3. The van der Waals surface area contributed by atoms with E-state index in [1.165, 1.54) is 0 Å². The van der Waals surface area contributed by atoms with E-state index in [1.54, 1.807) is 19.2 Å². The standard InChI is InChI=1S/C17H20N2O3/c1-13(12-22-15-8-4-3-5-9-15)18-17(20)19-14-7-6-10-16(11-14)21-2/h3-11,13H,12H2,1-2H3,(H2,18,19,20)/t13-/m1/s1. The number of benzene rings is 2. The van der Waals surface area contributed by atoms with Gasteiger partial charge in [0.1, 0.15) is 18.1 Å². The molecule has 0 fully saturated rings. The summed E-state index contributed by atoms with van der Waals surface area (Å²) in [4.78, 5) is 11.9. The molecule has 2 rings (SSSR count). The minimum absolute atomic E-state index is 0.120. The molecule has 2 aromatic rings. The molecule has 0 aromatic heterocycles. The number of methoxy groups -OCH3 is 1. The van der Waals surface area contributed by atoms with Gasteiger partial charge in [0, 0.05) is 11.8 Å². The third-order valence-corrected chi connectivity index (χ3v) is 2.95. The predicted molar refractivity (Wildman–Crippen MR) is 86.5 cm³/mol. The van der Waals surface area contributed by atoms with Crippen molar-refractivity contribution in [2.45, 2.75) is 13.0 Å². The van der Waals surface area contributed by atoms with Gasteiger partial charge in [0.2, 0.25) is 0 Å². The second-order valence-electron chi connectivity index (χ2n) is 4.86. The summed E-state index contributed by atoms with van der Waals surface area (Å²) in [6, 6.07) is 16.3. The van der Waals surface area contributed by atoms with E-state index in [0.717, 1.165) is 5.75 Å².